The molecule has 0 bridgehead atoms. The SMILES string of the molecule is CC1(C)c2ccccc2-c2nc3ccccc3c(-c3ccc(-c4c5ccccc5c(-c5nc(-c6ccccc6)cc(-c6ccccc6)n5)c5ccccc45)cc3)c21. The van der Waals surface area contributed by atoms with Crippen molar-refractivity contribution in [3.63, 3.8) is 0 Å². The number of fused-ring (bicyclic) bond motifs is 6. The van der Waals surface area contributed by atoms with Gasteiger partial charge in [0, 0.05) is 33.1 Å². The molecule has 3 heteroatoms. The number of para-hydroxylation sites is 1. The standard InChI is InChI=1S/C54H37N3/c1-54(2)44-27-15-13-25-42(44)52-51(54)49(43-26-14-16-28-45(43)55-52)37-31-29-36(30-32-37)48-38-21-9-11-23-40(38)50(41-24-12-10-22-39(41)48)53-56-46(34-17-5-3-6-18-34)33-47(57-53)35-19-7-4-8-20-35/h3-33H,1-2H3. The van der Waals surface area contributed by atoms with E-state index < -0.39 is 0 Å². The van der Waals surface area contributed by atoms with E-state index in [2.05, 4.69) is 190 Å². The molecule has 0 fully saturated rings. The van der Waals surface area contributed by atoms with Crippen LogP contribution in [0.15, 0.2) is 188 Å². The van der Waals surface area contributed by atoms with Crippen LogP contribution in [0.3, 0.4) is 0 Å². The maximum Gasteiger partial charge on any atom is 0.161 e. The van der Waals surface area contributed by atoms with Gasteiger partial charge in [-0.3, -0.25) is 0 Å². The van der Waals surface area contributed by atoms with E-state index in [1.54, 1.807) is 0 Å². The van der Waals surface area contributed by atoms with E-state index in [1.807, 2.05) is 12.1 Å². The molecule has 1 aliphatic carbocycles. The maximum absolute atomic E-state index is 5.31. The van der Waals surface area contributed by atoms with Gasteiger partial charge in [0.1, 0.15) is 0 Å². The first-order valence-electron chi connectivity index (χ1n) is 19.6. The summed E-state index contributed by atoms with van der Waals surface area (Å²) in [6.45, 7) is 4.68. The number of hydrogen-bond donors (Lipinski definition) is 0. The number of benzene rings is 8. The minimum absolute atomic E-state index is 0.195. The number of pyridine rings is 1. The topological polar surface area (TPSA) is 38.7 Å². The molecule has 0 amide bonds. The fourth-order valence-corrected chi connectivity index (χ4v) is 9.24. The summed E-state index contributed by atoms with van der Waals surface area (Å²) in [5.41, 5.74) is 15.5. The van der Waals surface area contributed by atoms with E-state index in [0.29, 0.717) is 5.82 Å². The second-order valence-electron chi connectivity index (χ2n) is 15.5. The highest BCUT2D eigenvalue weighted by atomic mass is 14.9. The molecule has 0 radical (unpaired) electrons. The predicted molar refractivity (Wildman–Crippen MR) is 237 cm³/mol. The summed E-state index contributed by atoms with van der Waals surface area (Å²) in [6, 6.07) is 67.0. The molecule has 0 N–H and O–H groups in total. The normalized spacial score (nSPS) is 12.9. The molecule has 57 heavy (non-hydrogen) atoms. The molecule has 268 valence electrons. The zero-order valence-electron chi connectivity index (χ0n) is 31.7. The second-order valence-corrected chi connectivity index (χ2v) is 15.5. The summed E-state index contributed by atoms with van der Waals surface area (Å²) >= 11 is 0. The average Bonchev–Trinajstić information content (AvgIpc) is 3.50. The van der Waals surface area contributed by atoms with Crippen LogP contribution >= 0.6 is 0 Å². The van der Waals surface area contributed by atoms with Gasteiger partial charge in [-0.25, -0.2) is 15.0 Å². The van der Waals surface area contributed by atoms with Crippen LogP contribution in [0.4, 0.5) is 0 Å². The molecule has 10 aromatic rings. The molecular weight excluding hydrogens is 691 g/mol. The fourth-order valence-electron chi connectivity index (χ4n) is 9.24. The third-order valence-corrected chi connectivity index (χ3v) is 11.9. The highest BCUT2D eigenvalue weighted by molar-refractivity contribution is 6.21. The first-order valence-corrected chi connectivity index (χ1v) is 19.6. The fraction of sp³-hybridized carbons (Fsp3) is 0.0556. The molecule has 11 rings (SSSR count). The number of rotatable bonds is 5. The van der Waals surface area contributed by atoms with Crippen LogP contribution in [0.2, 0.25) is 0 Å². The largest absolute Gasteiger partial charge is 0.247 e. The van der Waals surface area contributed by atoms with Gasteiger partial charge in [0.05, 0.1) is 22.6 Å². The molecule has 0 spiro atoms. The van der Waals surface area contributed by atoms with Gasteiger partial charge in [-0.1, -0.05) is 190 Å². The Morgan fingerprint density at radius 3 is 1.40 bits per heavy atom. The summed E-state index contributed by atoms with van der Waals surface area (Å²) in [7, 11) is 0. The van der Waals surface area contributed by atoms with E-state index in [9.17, 15) is 0 Å². The van der Waals surface area contributed by atoms with Gasteiger partial charge in [0.25, 0.3) is 0 Å². The minimum Gasteiger partial charge on any atom is -0.247 e. The van der Waals surface area contributed by atoms with Gasteiger partial charge in [0.2, 0.25) is 0 Å². The van der Waals surface area contributed by atoms with Crippen molar-refractivity contribution in [1.82, 2.24) is 15.0 Å². The summed E-state index contributed by atoms with van der Waals surface area (Å²) in [5.74, 6) is 0.714. The Hall–Kier alpha value is -7.23. The molecule has 8 aromatic carbocycles. The predicted octanol–water partition coefficient (Wildman–Crippen LogP) is 14.0. The van der Waals surface area contributed by atoms with Crippen LogP contribution in [0.5, 0.6) is 0 Å². The molecule has 0 saturated heterocycles. The van der Waals surface area contributed by atoms with Crippen molar-refractivity contribution in [1.29, 1.82) is 0 Å². The molecule has 1 aliphatic rings. The summed E-state index contributed by atoms with van der Waals surface area (Å²) in [5, 5.41) is 5.76. The molecule has 0 aliphatic heterocycles. The minimum atomic E-state index is -0.195. The van der Waals surface area contributed by atoms with Crippen molar-refractivity contribution in [2.24, 2.45) is 0 Å². The van der Waals surface area contributed by atoms with Crippen molar-refractivity contribution in [2.75, 3.05) is 0 Å². The molecule has 2 heterocycles. The average molecular weight is 728 g/mol. The smallest absolute Gasteiger partial charge is 0.161 e. The monoisotopic (exact) mass is 727 g/mol. The quantitative estimate of drug-likeness (QED) is 0.166. The zero-order valence-corrected chi connectivity index (χ0v) is 31.7. The molecule has 0 saturated carbocycles. The summed E-state index contributed by atoms with van der Waals surface area (Å²) in [6.07, 6.45) is 0. The van der Waals surface area contributed by atoms with Crippen LogP contribution in [0, 0.1) is 0 Å². The number of hydrogen-bond acceptors (Lipinski definition) is 3. The van der Waals surface area contributed by atoms with Crippen molar-refractivity contribution in [3.8, 4) is 67.4 Å². The zero-order chi connectivity index (χ0) is 38.1. The number of aromatic nitrogens is 3. The lowest BCUT2D eigenvalue weighted by Crippen LogP contribution is -2.16. The third kappa shape index (κ3) is 5.23. The van der Waals surface area contributed by atoms with Crippen LogP contribution in [0.1, 0.15) is 25.0 Å². The van der Waals surface area contributed by atoms with Crippen molar-refractivity contribution < 1.29 is 0 Å². The highest BCUT2D eigenvalue weighted by Gasteiger charge is 2.39. The van der Waals surface area contributed by atoms with E-state index in [1.165, 1.54) is 55.1 Å². The molecule has 2 aromatic heterocycles. The van der Waals surface area contributed by atoms with Gasteiger partial charge in [-0.2, -0.15) is 0 Å². The Bertz CT molecular complexity index is 3070. The Morgan fingerprint density at radius 1 is 0.368 bits per heavy atom. The van der Waals surface area contributed by atoms with E-state index >= 15 is 0 Å². The second kappa shape index (κ2) is 12.9. The lowest BCUT2D eigenvalue weighted by molar-refractivity contribution is 0.662. The first-order chi connectivity index (χ1) is 28.0. The molecule has 0 atom stereocenters. The third-order valence-electron chi connectivity index (χ3n) is 11.9. The molecular formula is C54H37N3. The Kier molecular flexibility index (Phi) is 7.52. The molecule has 3 nitrogen and oxygen atoms in total. The van der Waals surface area contributed by atoms with Gasteiger partial charge in [0.15, 0.2) is 5.82 Å². The summed E-state index contributed by atoms with van der Waals surface area (Å²) in [4.78, 5) is 15.9. The Labute approximate surface area is 332 Å². The van der Waals surface area contributed by atoms with Gasteiger partial charge in [-0.05, 0) is 67.1 Å². The van der Waals surface area contributed by atoms with Crippen molar-refractivity contribution in [3.05, 3.63) is 199 Å². The van der Waals surface area contributed by atoms with Gasteiger partial charge < -0.3 is 0 Å². The first kappa shape index (κ1) is 33.1. The van der Waals surface area contributed by atoms with Gasteiger partial charge in [-0.15, -0.1) is 0 Å². The van der Waals surface area contributed by atoms with Crippen LogP contribution in [-0.2, 0) is 5.41 Å². The van der Waals surface area contributed by atoms with E-state index in [-0.39, 0.29) is 5.41 Å². The van der Waals surface area contributed by atoms with Crippen molar-refractivity contribution in [2.45, 2.75) is 19.3 Å². The lowest BCUT2D eigenvalue weighted by atomic mass is 9.78. The Morgan fingerprint density at radius 2 is 0.825 bits per heavy atom. The molecule has 0 unspecified atom stereocenters. The Balaban J connectivity index is 1.12. The maximum atomic E-state index is 5.31. The van der Waals surface area contributed by atoms with E-state index in [0.717, 1.165) is 50.1 Å². The summed E-state index contributed by atoms with van der Waals surface area (Å²) < 4.78 is 0. The van der Waals surface area contributed by atoms with Crippen LogP contribution in [-0.4, -0.2) is 15.0 Å². The number of nitrogens with zero attached hydrogens (tertiary/aromatic N) is 3. The lowest BCUT2D eigenvalue weighted by Gasteiger charge is -2.25. The van der Waals surface area contributed by atoms with E-state index in [4.69, 9.17) is 15.0 Å². The van der Waals surface area contributed by atoms with Crippen LogP contribution in [0.25, 0.3) is 99.9 Å². The highest BCUT2D eigenvalue weighted by Crippen LogP contribution is 2.53. The van der Waals surface area contributed by atoms with Crippen LogP contribution < -0.4 is 0 Å². The van der Waals surface area contributed by atoms with Crippen molar-refractivity contribution >= 4 is 32.4 Å². The van der Waals surface area contributed by atoms with Gasteiger partial charge >= 0.3 is 0 Å².